The highest BCUT2D eigenvalue weighted by Gasteiger charge is 2.48. The highest BCUT2D eigenvalue weighted by molar-refractivity contribution is 8.22. The molecule has 0 unspecified atom stereocenters. The van der Waals surface area contributed by atoms with E-state index in [0.717, 1.165) is 12.3 Å². The van der Waals surface area contributed by atoms with E-state index in [4.69, 9.17) is 5.73 Å². The summed E-state index contributed by atoms with van der Waals surface area (Å²) in [5.74, 6) is 2.23. The third-order valence-electron chi connectivity index (χ3n) is 5.61. The smallest absolute Gasteiger partial charge is 0.0695 e. The quantitative estimate of drug-likeness (QED) is 0.674. The summed E-state index contributed by atoms with van der Waals surface area (Å²) in [7, 11) is 0. The fraction of sp³-hybridized carbons (Fsp3) is 0.391. The molecule has 1 aliphatic heterocycles. The van der Waals surface area contributed by atoms with Crippen LogP contribution in [0.15, 0.2) is 66.7 Å². The molecule has 1 heterocycles. The minimum atomic E-state index is 0.262. The van der Waals surface area contributed by atoms with Gasteiger partial charge in [0, 0.05) is 23.1 Å². The van der Waals surface area contributed by atoms with Crippen molar-refractivity contribution in [2.75, 3.05) is 12.3 Å². The number of rotatable bonds is 5. The van der Waals surface area contributed by atoms with Crippen molar-refractivity contribution in [2.45, 2.75) is 35.7 Å². The van der Waals surface area contributed by atoms with E-state index in [2.05, 4.69) is 90.3 Å². The van der Waals surface area contributed by atoms with Crippen molar-refractivity contribution in [1.29, 1.82) is 0 Å². The lowest BCUT2D eigenvalue weighted by molar-refractivity contribution is 0.320. The number of benzene rings is 2. The Bertz CT molecular complexity index is 743. The van der Waals surface area contributed by atoms with Gasteiger partial charge in [0.05, 0.1) is 4.08 Å². The first-order valence-electron chi connectivity index (χ1n) is 9.68. The number of hydrogen-bond acceptors (Lipinski definition) is 3. The Morgan fingerprint density at radius 2 is 1.73 bits per heavy atom. The summed E-state index contributed by atoms with van der Waals surface area (Å²) in [4.78, 5) is 1.45. The topological polar surface area (TPSA) is 26.0 Å². The van der Waals surface area contributed by atoms with Gasteiger partial charge in [-0.05, 0) is 29.9 Å². The number of fused-ring (bicyclic) bond motifs is 1. The first-order chi connectivity index (χ1) is 12.8. The Kier molecular flexibility index (Phi) is 5.78. The lowest BCUT2D eigenvalue weighted by Crippen LogP contribution is -2.40. The number of allylic oxidation sites excluding steroid dienone is 1. The van der Waals surface area contributed by atoms with Gasteiger partial charge < -0.3 is 5.73 Å². The van der Waals surface area contributed by atoms with Crippen LogP contribution in [0.1, 0.15) is 42.7 Å². The molecule has 2 aromatic rings. The summed E-state index contributed by atoms with van der Waals surface area (Å²) in [6.07, 6.45) is 7.86. The van der Waals surface area contributed by atoms with Crippen molar-refractivity contribution in [3.05, 3.63) is 77.9 Å². The van der Waals surface area contributed by atoms with Crippen LogP contribution < -0.4 is 5.73 Å². The Labute approximate surface area is 165 Å². The average Bonchev–Trinajstić information content (AvgIpc) is 2.72. The molecule has 1 fully saturated rings. The predicted molar refractivity (Wildman–Crippen MR) is 117 cm³/mol. The van der Waals surface area contributed by atoms with E-state index >= 15 is 0 Å². The van der Waals surface area contributed by atoms with Crippen LogP contribution in [0.2, 0.25) is 0 Å². The molecule has 0 saturated heterocycles. The molecule has 3 heteroatoms. The maximum atomic E-state index is 5.91. The molecule has 2 N–H and O–H groups in total. The van der Waals surface area contributed by atoms with E-state index in [1.165, 1.54) is 41.7 Å². The molecule has 1 nitrogen and oxygen atoms in total. The van der Waals surface area contributed by atoms with Crippen LogP contribution in [0.3, 0.4) is 0 Å². The summed E-state index contributed by atoms with van der Waals surface area (Å²) in [6, 6.07) is 22.0. The normalized spacial score (nSPS) is 28.3. The first kappa shape index (κ1) is 18.2. The third kappa shape index (κ3) is 3.62. The molecule has 0 amide bonds. The Morgan fingerprint density at radius 3 is 2.46 bits per heavy atom. The zero-order chi connectivity index (χ0) is 17.8. The summed E-state index contributed by atoms with van der Waals surface area (Å²) < 4.78 is 0.262. The van der Waals surface area contributed by atoms with Crippen molar-refractivity contribution in [2.24, 2.45) is 11.7 Å². The van der Waals surface area contributed by atoms with Crippen LogP contribution in [0.25, 0.3) is 4.91 Å². The predicted octanol–water partition coefficient (Wildman–Crippen LogP) is 6.14. The van der Waals surface area contributed by atoms with Gasteiger partial charge in [-0.15, -0.1) is 23.5 Å². The summed E-state index contributed by atoms with van der Waals surface area (Å²) in [5, 5.41) is 0. The molecule has 26 heavy (non-hydrogen) atoms. The standard InChI is InChI=1S/C23H27NS2/c24-15-16-25-23-14-8-7-13-21(23)20(18-9-3-1-4-10-18)17-22(26-23)19-11-5-2-6-12-19/h1-6,9-12,17,20-21H,7-8,13-16,24H2/t20-,21+,23+/m1/s1. The van der Waals surface area contributed by atoms with Crippen LogP contribution in [0.5, 0.6) is 0 Å². The molecular weight excluding hydrogens is 354 g/mol. The largest absolute Gasteiger partial charge is 0.330 e. The molecule has 0 radical (unpaired) electrons. The van der Waals surface area contributed by atoms with E-state index in [9.17, 15) is 0 Å². The Morgan fingerprint density at radius 1 is 1.00 bits per heavy atom. The van der Waals surface area contributed by atoms with Gasteiger partial charge in [0.15, 0.2) is 0 Å². The maximum Gasteiger partial charge on any atom is 0.0695 e. The minimum absolute atomic E-state index is 0.262. The highest BCUT2D eigenvalue weighted by atomic mass is 32.2. The maximum absolute atomic E-state index is 5.91. The van der Waals surface area contributed by atoms with Crippen LogP contribution >= 0.6 is 23.5 Å². The van der Waals surface area contributed by atoms with Crippen LogP contribution in [0, 0.1) is 5.92 Å². The lowest BCUT2D eigenvalue weighted by atomic mass is 9.75. The van der Waals surface area contributed by atoms with Gasteiger partial charge in [-0.25, -0.2) is 0 Å². The second kappa shape index (κ2) is 8.24. The van der Waals surface area contributed by atoms with Crippen molar-refractivity contribution >= 4 is 28.4 Å². The number of nitrogens with two attached hydrogens (primary N) is 1. The zero-order valence-electron chi connectivity index (χ0n) is 15.1. The van der Waals surface area contributed by atoms with Gasteiger partial charge in [-0.2, -0.15) is 0 Å². The number of hydrogen-bond donors (Lipinski definition) is 1. The SMILES string of the molecule is NCCS[C@]12CCCC[C@H]1[C@@H](c1ccccc1)C=C(c1ccccc1)S2. The molecule has 0 aromatic heterocycles. The van der Waals surface area contributed by atoms with Crippen molar-refractivity contribution in [3.63, 3.8) is 0 Å². The molecule has 0 spiro atoms. The summed E-state index contributed by atoms with van der Waals surface area (Å²) >= 11 is 4.25. The van der Waals surface area contributed by atoms with Crippen LogP contribution in [0.4, 0.5) is 0 Å². The molecule has 2 aromatic carbocycles. The van der Waals surface area contributed by atoms with E-state index in [-0.39, 0.29) is 4.08 Å². The minimum Gasteiger partial charge on any atom is -0.330 e. The van der Waals surface area contributed by atoms with Gasteiger partial charge in [0.2, 0.25) is 0 Å². The van der Waals surface area contributed by atoms with E-state index in [1.54, 1.807) is 0 Å². The van der Waals surface area contributed by atoms with E-state index in [0.29, 0.717) is 11.8 Å². The van der Waals surface area contributed by atoms with Crippen molar-refractivity contribution in [1.82, 2.24) is 0 Å². The van der Waals surface area contributed by atoms with Crippen LogP contribution in [-0.4, -0.2) is 16.4 Å². The highest BCUT2D eigenvalue weighted by Crippen LogP contribution is 2.63. The van der Waals surface area contributed by atoms with Crippen molar-refractivity contribution < 1.29 is 0 Å². The first-order valence-corrected chi connectivity index (χ1v) is 11.5. The van der Waals surface area contributed by atoms with Gasteiger partial charge in [0.25, 0.3) is 0 Å². The van der Waals surface area contributed by atoms with Gasteiger partial charge in [0.1, 0.15) is 0 Å². The number of thioether (sulfide) groups is 2. The van der Waals surface area contributed by atoms with Crippen LogP contribution in [-0.2, 0) is 0 Å². The second-order valence-electron chi connectivity index (χ2n) is 7.24. The molecule has 4 rings (SSSR count). The lowest BCUT2D eigenvalue weighted by Gasteiger charge is -2.49. The van der Waals surface area contributed by atoms with Gasteiger partial charge in [-0.1, -0.05) is 79.6 Å². The molecule has 0 bridgehead atoms. The Hall–Kier alpha value is -1.16. The molecule has 2 aliphatic rings. The fourth-order valence-electron chi connectivity index (χ4n) is 4.42. The molecule has 136 valence electrons. The monoisotopic (exact) mass is 381 g/mol. The van der Waals surface area contributed by atoms with Gasteiger partial charge in [-0.3, -0.25) is 0 Å². The van der Waals surface area contributed by atoms with E-state index < -0.39 is 0 Å². The van der Waals surface area contributed by atoms with Gasteiger partial charge >= 0.3 is 0 Å². The summed E-state index contributed by atoms with van der Waals surface area (Å²) in [5.41, 5.74) is 8.73. The zero-order valence-corrected chi connectivity index (χ0v) is 16.8. The van der Waals surface area contributed by atoms with E-state index in [1.807, 2.05) is 0 Å². The average molecular weight is 382 g/mol. The molecule has 1 aliphatic carbocycles. The molecule has 3 atom stereocenters. The summed E-state index contributed by atoms with van der Waals surface area (Å²) in [6.45, 7) is 0.764. The molecular formula is C23H27NS2. The fourth-order valence-corrected chi connectivity index (χ4v) is 7.91. The van der Waals surface area contributed by atoms with Crippen molar-refractivity contribution in [3.8, 4) is 0 Å². The second-order valence-corrected chi connectivity index (χ2v) is 10.3. The third-order valence-corrected chi connectivity index (χ3v) is 9.09. The Balaban J connectivity index is 1.79. The molecule has 1 saturated carbocycles.